The van der Waals surface area contributed by atoms with E-state index in [1.807, 2.05) is 40.9 Å². The predicted molar refractivity (Wildman–Crippen MR) is 80.1 cm³/mol. The van der Waals surface area contributed by atoms with Crippen molar-refractivity contribution in [3.63, 3.8) is 0 Å². The van der Waals surface area contributed by atoms with Gasteiger partial charge in [-0.1, -0.05) is 15.9 Å². The van der Waals surface area contributed by atoms with Crippen molar-refractivity contribution in [3.05, 3.63) is 45.8 Å². The van der Waals surface area contributed by atoms with Crippen LogP contribution in [0.3, 0.4) is 0 Å². The molecule has 0 spiro atoms. The van der Waals surface area contributed by atoms with Crippen LogP contribution in [0, 0.1) is 4.77 Å². The van der Waals surface area contributed by atoms with E-state index in [-0.39, 0.29) is 0 Å². The van der Waals surface area contributed by atoms with E-state index in [1.54, 1.807) is 7.11 Å². The van der Waals surface area contributed by atoms with Crippen LogP contribution in [0.5, 0.6) is 5.75 Å². The van der Waals surface area contributed by atoms with Crippen LogP contribution in [0.2, 0.25) is 0 Å². The number of H-pyrrole nitrogens is 1. The second kappa shape index (κ2) is 4.79. The first-order valence-corrected chi connectivity index (χ1v) is 6.80. The van der Waals surface area contributed by atoms with Crippen molar-refractivity contribution in [2.45, 2.75) is 0 Å². The number of fused-ring (bicyclic) bond motifs is 1. The van der Waals surface area contributed by atoms with Crippen molar-refractivity contribution in [2.75, 3.05) is 7.11 Å². The van der Waals surface area contributed by atoms with Gasteiger partial charge in [0.15, 0.2) is 4.77 Å². The quantitative estimate of drug-likeness (QED) is 0.723. The van der Waals surface area contributed by atoms with Crippen LogP contribution in [-0.4, -0.2) is 21.7 Å². The molecule has 0 aliphatic heterocycles. The molecule has 0 atom stereocenters. The minimum absolute atomic E-state index is 0.569. The van der Waals surface area contributed by atoms with Gasteiger partial charge in [-0.15, -0.1) is 0 Å². The Morgan fingerprint density at radius 2 is 2.21 bits per heavy atom. The number of hydrogen-bond acceptors (Lipinski definition) is 3. The van der Waals surface area contributed by atoms with Crippen LogP contribution < -0.4 is 4.74 Å². The number of ether oxygens (including phenoxy) is 1. The van der Waals surface area contributed by atoms with Gasteiger partial charge < -0.3 is 4.74 Å². The van der Waals surface area contributed by atoms with Gasteiger partial charge in [-0.2, -0.15) is 5.10 Å². The third-order valence-electron chi connectivity index (χ3n) is 2.89. The summed E-state index contributed by atoms with van der Waals surface area (Å²) in [5, 5.41) is 7.20. The van der Waals surface area contributed by atoms with Gasteiger partial charge in [-0.05, 0) is 42.5 Å². The summed E-state index contributed by atoms with van der Waals surface area (Å²) in [6.45, 7) is 0. The maximum absolute atomic E-state index is 5.42. The number of benzene rings is 1. The Morgan fingerprint density at radius 3 is 3.00 bits per heavy atom. The van der Waals surface area contributed by atoms with Crippen LogP contribution in [-0.2, 0) is 0 Å². The number of methoxy groups -OCH3 is 1. The molecule has 2 aromatic heterocycles. The number of aromatic nitrogens is 3. The minimum Gasteiger partial charge on any atom is -0.496 e. The molecule has 0 unspecified atom stereocenters. The smallest absolute Gasteiger partial charge is 0.198 e. The highest BCUT2D eigenvalue weighted by Gasteiger charge is 2.12. The summed E-state index contributed by atoms with van der Waals surface area (Å²) in [5.74, 6) is 0.760. The molecule has 3 aromatic rings. The van der Waals surface area contributed by atoms with Gasteiger partial charge in [0.05, 0.1) is 12.6 Å². The fraction of sp³-hybridized carbons (Fsp3) is 0.0769. The van der Waals surface area contributed by atoms with Crippen LogP contribution in [0.1, 0.15) is 0 Å². The Morgan fingerprint density at radius 1 is 1.37 bits per heavy atom. The van der Waals surface area contributed by atoms with Crippen molar-refractivity contribution in [3.8, 4) is 17.0 Å². The van der Waals surface area contributed by atoms with Gasteiger partial charge in [0.1, 0.15) is 11.4 Å². The fourth-order valence-corrected chi connectivity index (χ4v) is 2.57. The number of hydrogen-bond donors (Lipinski definition) is 1. The second-order valence-electron chi connectivity index (χ2n) is 3.99. The standard InChI is InChI=1S/C13H10BrN3OS/c1-18-11-7-8(14)4-5-9(11)12-10-3-2-6-17(10)13(19)16-15-12/h2-7H,1H3,(H,16,19). The third-order valence-corrected chi connectivity index (χ3v) is 3.67. The lowest BCUT2D eigenvalue weighted by atomic mass is 10.1. The Balaban J connectivity index is 2.33. The monoisotopic (exact) mass is 335 g/mol. The van der Waals surface area contributed by atoms with Crippen LogP contribution in [0.15, 0.2) is 41.0 Å². The second-order valence-corrected chi connectivity index (χ2v) is 5.29. The van der Waals surface area contributed by atoms with Gasteiger partial charge >= 0.3 is 0 Å². The predicted octanol–water partition coefficient (Wildman–Crippen LogP) is 3.83. The van der Waals surface area contributed by atoms with Crippen LogP contribution >= 0.6 is 28.1 Å². The van der Waals surface area contributed by atoms with Gasteiger partial charge in [-0.3, -0.25) is 9.50 Å². The summed E-state index contributed by atoms with van der Waals surface area (Å²) < 4.78 is 8.84. The highest BCUT2D eigenvalue weighted by atomic mass is 79.9. The molecular formula is C13H10BrN3OS. The maximum atomic E-state index is 5.42. The largest absolute Gasteiger partial charge is 0.496 e. The Kier molecular flexibility index (Phi) is 3.12. The van der Waals surface area contributed by atoms with E-state index in [0.29, 0.717) is 4.77 Å². The summed E-state index contributed by atoms with van der Waals surface area (Å²) in [6, 6.07) is 9.76. The minimum atomic E-state index is 0.569. The number of nitrogens with one attached hydrogen (secondary N) is 1. The number of rotatable bonds is 2. The van der Waals surface area contributed by atoms with Crippen LogP contribution in [0.4, 0.5) is 0 Å². The van der Waals surface area contributed by atoms with Gasteiger partial charge in [0.25, 0.3) is 0 Å². The number of halogens is 1. The highest BCUT2D eigenvalue weighted by molar-refractivity contribution is 9.10. The summed E-state index contributed by atoms with van der Waals surface area (Å²) in [4.78, 5) is 0. The lowest BCUT2D eigenvalue weighted by molar-refractivity contribution is 0.416. The van der Waals surface area contributed by atoms with Gasteiger partial charge in [0, 0.05) is 16.2 Å². The third kappa shape index (κ3) is 2.06. The van der Waals surface area contributed by atoms with Crippen molar-refractivity contribution in [2.24, 2.45) is 0 Å². The summed E-state index contributed by atoms with van der Waals surface area (Å²) >= 11 is 8.64. The first-order valence-electron chi connectivity index (χ1n) is 5.60. The fourth-order valence-electron chi connectivity index (χ4n) is 2.02. The zero-order chi connectivity index (χ0) is 13.4. The Hall–Kier alpha value is -1.66. The lowest BCUT2D eigenvalue weighted by Gasteiger charge is -2.09. The van der Waals surface area contributed by atoms with Gasteiger partial charge in [0.2, 0.25) is 0 Å². The molecule has 0 bridgehead atoms. The first-order chi connectivity index (χ1) is 9.20. The van der Waals surface area contributed by atoms with E-state index in [4.69, 9.17) is 17.0 Å². The van der Waals surface area contributed by atoms with E-state index in [9.17, 15) is 0 Å². The summed E-state index contributed by atoms with van der Waals surface area (Å²) in [5.41, 5.74) is 2.67. The highest BCUT2D eigenvalue weighted by Crippen LogP contribution is 2.33. The summed E-state index contributed by atoms with van der Waals surface area (Å²) in [7, 11) is 1.64. The SMILES string of the molecule is COc1cc(Br)ccc1-c1n[nH]c(=S)n2cccc12. The Bertz CT molecular complexity index is 809. The summed E-state index contributed by atoms with van der Waals surface area (Å²) in [6.07, 6.45) is 1.91. The molecular weight excluding hydrogens is 326 g/mol. The number of aromatic amines is 1. The molecule has 0 amide bonds. The van der Waals surface area contributed by atoms with E-state index in [1.165, 1.54) is 0 Å². The molecule has 0 saturated carbocycles. The molecule has 0 aliphatic carbocycles. The lowest BCUT2D eigenvalue weighted by Crippen LogP contribution is -1.98. The molecule has 19 heavy (non-hydrogen) atoms. The average Bonchev–Trinajstić information content (AvgIpc) is 2.90. The molecule has 0 radical (unpaired) electrons. The van der Waals surface area contributed by atoms with E-state index in [0.717, 1.165) is 27.0 Å². The molecule has 1 aromatic carbocycles. The molecule has 2 heterocycles. The topological polar surface area (TPSA) is 42.3 Å². The molecule has 6 heteroatoms. The number of nitrogens with zero attached hydrogens (tertiary/aromatic N) is 2. The van der Waals surface area contributed by atoms with E-state index >= 15 is 0 Å². The van der Waals surface area contributed by atoms with Crippen molar-refractivity contribution in [1.82, 2.24) is 14.6 Å². The first kappa shape index (κ1) is 12.4. The van der Waals surface area contributed by atoms with E-state index in [2.05, 4.69) is 26.1 Å². The zero-order valence-corrected chi connectivity index (χ0v) is 12.5. The maximum Gasteiger partial charge on any atom is 0.198 e. The molecule has 96 valence electrons. The molecule has 4 nitrogen and oxygen atoms in total. The normalized spacial score (nSPS) is 10.8. The molecule has 0 saturated heterocycles. The molecule has 1 N–H and O–H groups in total. The van der Waals surface area contributed by atoms with Crippen LogP contribution in [0.25, 0.3) is 16.8 Å². The molecule has 0 aliphatic rings. The van der Waals surface area contributed by atoms with Crippen molar-refractivity contribution in [1.29, 1.82) is 0 Å². The average molecular weight is 336 g/mol. The van der Waals surface area contributed by atoms with Crippen molar-refractivity contribution < 1.29 is 4.74 Å². The van der Waals surface area contributed by atoms with Crippen molar-refractivity contribution >= 4 is 33.7 Å². The zero-order valence-electron chi connectivity index (χ0n) is 10.1. The Labute approximate surface area is 123 Å². The van der Waals surface area contributed by atoms with E-state index < -0.39 is 0 Å². The molecule has 0 fully saturated rings. The van der Waals surface area contributed by atoms with Gasteiger partial charge in [-0.25, -0.2) is 0 Å². The molecule has 3 rings (SSSR count).